The maximum atomic E-state index is 10.8. The number of nitrogens with zero attached hydrogens (tertiary/aromatic N) is 2. The molecule has 0 radical (unpaired) electrons. The number of benzene rings is 1. The van der Waals surface area contributed by atoms with E-state index in [0.29, 0.717) is 6.42 Å². The number of rotatable bonds is 4. The molecule has 0 saturated carbocycles. The third kappa shape index (κ3) is 2.79. The fourth-order valence-corrected chi connectivity index (χ4v) is 2.46. The predicted octanol–water partition coefficient (Wildman–Crippen LogP) is 2.08. The van der Waals surface area contributed by atoms with Gasteiger partial charge in [0.25, 0.3) is 5.69 Å². The van der Waals surface area contributed by atoms with Gasteiger partial charge in [-0.05, 0) is 37.8 Å². The Kier molecular flexibility index (Phi) is 3.81. The lowest BCUT2D eigenvalue weighted by Crippen LogP contribution is -2.23. The summed E-state index contributed by atoms with van der Waals surface area (Å²) in [5, 5.41) is 10.8. The van der Waals surface area contributed by atoms with Crippen LogP contribution in [-0.4, -0.2) is 24.1 Å². The minimum atomic E-state index is -0.349. The van der Waals surface area contributed by atoms with E-state index in [-0.39, 0.29) is 16.7 Å². The molecule has 5 heteroatoms. The van der Waals surface area contributed by atoms with Gasteiger partial charge >= 0.3 is 0 Å². The Morgan fingerprint density at radius 1 is 1.44 bits per heavy atom. The van der Waals surface area contributed by atoms with Crippen molar-refractivity contribution in [3.63, 3.8) is 0 Å². The molecule has 1 aliphatic heterocycles. The van der Waals surface area contributed by atoms with Gasteiger partial charge < -0.3 is 10.6 Å². The SMILES string of the molecule is CC(N)Cc1cc([N+](=O)[O-])ccc1N1CCCC1. The van der Waals surface area contributed by atoms with Crippen LogP contribution in [0.4, 0.5) is 11.4 Å². The van der Waals surface area contributed by atoms with E-state index in [1.807, 2.05) is 13.0 Å². The van der Waals surface area contributed by atoms with E-state index in [1.54, 1.807) is 12.1 Å². The van der Waals surface area contributed by atoms with Crippen LogP contribution in [0.5, 0.6) is 0 Å². The molecule has 0 spiro atoms. The van der Waals surface area contributed by atoms with Crippen LogP contribution in [0.1, 0.15) is 25.3 Å². The fourth-order valence-electron chi connectivity index (χ4n) is 2.46. The molecule has 1 aromatic rings. The summed E-state index contributed by atoms with van der Waals surface area (Å²) >= 11 is 0. The molecule has 0 amide bonds. The molecule has 1 atom stereocenters. The molecule has 0 aromatic heterocycles. The van der Waals surface area contributed by atoms with Gasteiger partial charge in [0.15, 0.2) is 0 Å². The van der Waals surface area contributed by atoms with Gasteiger partial charge in [-0.15, -0.1) is 0 Å². The maximum absolute atomic E-state index is 10.8. The van der Waals surface area contributed by atoms with Crippen molar-refractivity contribution in [2.75, 3.05) is 18.0 Å². The number of hydrogen-bond donors (Lipinski definition) is 1. The average molecular weight is 249 g/mol. The van der Waals surface area contributed by atoms with Gasteiger partial charge in [0.2, 0.25) is 0 Å². The molecule has 1 heterocycles. The Balaban J connectivity index is 2.34. The van der Waals surface area contributed by atoms with E-state index < -0.39 is 0 Å². The number of nitro benzene ring substituents is 1. The fraction of sp³-hybridized carbons (Fsp3) is 0.538. The van der Waals surface area contributed by atoms with Crippen LogP contribution in [-0.2, 0) is 6.42 Å². The normalized spacial score (nSPS) is 16.9. The van der Waals surface area contributed by atoms with Gasteiger partial charge in [-0.1, -0.05) is 0 Å². The Morgan fingerprint density at radius 2 is 2.11 bits per heavy atom. The van der Waals surface area contributed by atoms with Gasteiger partial charge in [0.1, 0.15) is 0 Å². The Bertz CT molecular complexity index is 440. The van der Waals surface area contributed by atoms with E-state index in [0.717, 1.165) is 24.3 Å². The van der Waals surface area contributed by atoms with Crippen LogP contribution in [0.15, 0.2) is 18.2 Å². The summed E-state index contributed by atoms with van der Waals surface area (Å²) in [5.41, 5.74) is 8.07. The molecule has 0 aliphatic carbocycles. The van der Waals surface area contributed by atoms with Gasteiger partial charge in [-0.25, -0.2) is 0 Å². The summed E-state index contributed by atoms with van der Waals surface area (Å²) in [6.07, 6.45) is 3.05. The second-order valence-electron chi connectivity index (χ2n) is 4.95. The summed E-state index contributed by atoms with van der Waals surface area (Å²) in [7, 11) is 0. The van der Waals surface area contributed by atoms with Crippen molar-refractivity contribution >= 4 is 11.4 Å². The van der Waals surface area contributed by atoms with Crippen molar-refractivity contribution in [3.05, 3.63) is 33.9 Å². The van der Waals surface area contributed by atoms with Crippen LogP contribution in [0.3, 0.4) is 0 Å². The second kappa shape index (κ2) is 5.35. The van der Waals surface area contributed by atoms with E-state index in [4.69, 9.17) is 5.73 Å². The number of anilines is 1. The Morgan fingerprint density at radius 3 is 2.67 bits per heavy atom. The molecule has 1 aromatic carbocycles. The van der Waals surface area contributed by atoms with Crippen molar-refractivity contribution in [1.82, 2.24) is 0 Å². The quantitative estimate of drug-likeness (QED) is 0.655. The maximum Gasteiger partial charge on any atom is 0.269 e. The lowest BCUT2D eigenvalue weighted by molar-refractivity contribution is -0.384. The lowest BCUT2D eigenvalue weighted by Gasteiger charge is -2.22. The van der Waals surface area contributed by atoms with Crippen LogP contribution < -0.4 is 10.6 Å². The van der Waals surface area contributed by atoms with Crippen LogP contribution in [0.2, 0.25) is 0 Å². The van der Waals surface area contributed by atoms with Crippen molar-refractivity contribution in [2.24, 2.45) is 5.73 Å². The first-order chi connectivity index (χ1) is 8.58. The lowest BCUT2D eigenvalue weighted by atomic mass is 10.0. The van der Waals surface area contributed by atoms with Gasteiger partial charge in [-0.3, -0.25) is 10.1 Å². The molecule has 1 unspecified atom stereocenters. The zero-order valence-corrected chi connectivity index (χ0v) is 10.6. The highest BCUT2D eigenvalue weighted by Gasteiger charge is 2.18. The van der Waals surface area contributed by atoms with Crippen LogP contribution >= 0.6 is 0 Å². The zero-order valence-electron chi connectivity index (χ0n) is 10.6. The van der Waals surface area contributed by atoms with E-state index >= 15 is 0 Å². The molecule has 1 saturated heterocycles. The van der Waals surface area contributed by atoms with Crippen molar-refractivity contribution in [1.29, 1.82) is 0 Å². The van der Waals surface area contributed by atoms with Crippen LogP contribution in [0, 0.1) is 10.1 Å². The summed E-state index contributed by atoms with van der Waals surface area (Å²) < 4.78 is 0. The predicted molar refractivity (Wildman–Crippen MR) is 71.9 cm³/mol. The minimum absolute atomic E-state index is 0.00774. The highest BCUT2D eigenvalue weighted by molar-refractivity contribution is 5.58. The molecule has 5 nitrogen and oxygen atoms in total. The molecular weight excluding hydrogens is 230 g/mol. The molecular formula is C13H19N3O2. The average Bonchev–Trinajstić information content (AvgIpc) is 2.81. The monoisotopic (exact) mass is 249 g/mol. The van der Waals surface area contributed by atoms with E-state index in [1.165, 1.54) is 12.8 Å². The Hall–Kier alpha value is -1.62. The van der Waals surface area contributed by atoms with Crippen molar-refractivity contribution in [2.45, 2.75) is 32.2 Å². The van der Waals surface area contributed by atoms with E-state index in [9.17, 15) is 10.1 Å². The summed E-state index contributed by atoms with van der Waals surface area (Å²) in [5.74, 6) is 0. The summed E-state index contributed by atoms with van der Waals surface area (Å²) in [6.45, 7) is 3.99. The minimum Gasteiger partial charge on any atom is -0.371 e. The topological polar surface area (TPSA) is 72.4 Å². The molecule has 0 bridgehead atoms. The standard InChI is InChI=1S/C13H19N3O2/c1-10(14)8-11-9-12(16(17)18)4-5-13(11)15-6-2-3-7-15/h4-5,9-10H,2-3,6-8,14H2,1H3. The first-order valence-corrected chi connectivity index (χ1v) is 6.36. The number of nitrogens with two attached hydrogens (primary N) is 1. The third-order valence-corrected chi connectivity index (χ3v) is 3.26. The molecule has 98 valence electrons. The van der Waals surface area contributed by atoms with Crippen molar-refractivity contribution in [3.8, 4) is 0 Å². The largest absolute Gasteiger partial charge is 0.371 e. The van der Waals surface area contributed by atoms with Gasteiger partial charge in [-0.2, -0.15) is 0 Å². The van der Waals surface area contributed by atoms with Crippen LogP contribution in [0.25, 0.3) is 0 Å². The highest BCUT2D eigenvalue weighted by atomic mass is 16.6. The summed E-state index contributed by atoms with van der Waals surface area (Å²) in [6, 6.07) is 5.12. The number of non-ortho nitro benzene ring substituents is 1. The first kappa shape index (κ1) is 12.8. The van der Waals surface area contributed by atoms with E-state index in [2.05, 4.69) is 4.90 Å². The van der Waals surface area contributed by atoms with Crippen molar-refractivity contribution < 1.29 is 4.92 Å². The third-order valence-electron chi connectivity index (χ3n) is 3.26. The number of hydrogen-bond acceptors (Lipinski definition) is 4. The summed E-state index contributed by atoms with van der Waals surface area (Å²) in [4.78, 5) is 12.8. The molecule has 2 rings (SSSR count). The molecule has 2 N–H and O–H groups in total. The Labute approximate surface area is 107 Å². The highest BCUT2D eigenvalue weighted by Crippen LogP contribution is 2.29. The van der Waals surface area contributed by atoms with Gasteiger partial charge in [0, 0.05) is 37.0 Å². The molecule has 1 fully saturated rings. The first-order valence-electron chi connectivity index (χ1n) is 6.36. The molecule has 1 aliphatic rings. The zero-order chi connectivity index (χ0) is 13.1. The second-order valence-corrected chi connectivity index (χ2v) is 4.95. The smallest absolute Gasteiger partial charge is 0.269 e. The molecule has 18 heavy (non-hydrogen) atoms. The van der Waals surface area contributed by atoms with Gasteiger partial charge in [0.05, 0.1) is 4.92 Å². The number of nitro groups is 1.